The van der Waals surface area contributed by atoms with Gasteiger partial charge >= 0.3 is 0 Å². The lowest BCUT2D eigenvalue weighted by atomic mass is 10.1. The second-order valence-corrected chi connectivity index (χ2v) is 6.06. The van der Waals surface area contributed by atoms with E-state index in [0.717, 1.165) is 17.2 Å². The molecule has 0 atom stereocenters. The molecule has 0 aliphatic carbocycles. The second-order valence-electron chi connectivity index (χ2n) is 5.08. The number of rotatable bonds is 3. The predicted molar refractivity (Wildman–Crippen MR) is 83.2 cm³/mol. The first-order valence-corrected chi connectivity index (χ1v) is 7.61. The van der Waals surface area contributed by atoms with E-state index in [2.05, 4.69) is 42.9 Å². The zero-order chi connectivity index (χ0) is 14.1. The number of hydrogen-bond donors (Lipinski definition) is 0. The molecule has 102 valence electrons. The summed E-state index contributed by atoms with van der Waals surface area (Å²) >= 11 is 1.85. The summed E-state index contributed by atoms with van der Waals surface area (Å²) in [7, 11) is 0. The lowest BCUT2D eigenvalue weighted by Gasteiger charge is -2.09. The molecular formula is C16H17N3S. The Morgan fingerprint density at radius 1 is 1.15 bits per heavy atom. The third-order valence-electron chi connectivity index (χ3n) is 3.25. The fraction of sp³-hybridized carbons (Fsp3) is 0.250. The second kappa shape index (κ2) is 5.29. The van der Waals surface area contributed by atoms with E-state index in [4.69, 9.17) is 0 Å². The van der Waals surface area contributed by atoms with Crippen LogP contribution in [0.25, 0.3) is 5.78 Å². The van der Waals surface area contributed by atoms with E-state index in [1.165, 1.54) is 21.6 Å². The van der Waals surface area contributed by atoms with E-state index >= 15 is 0 Å². The normalized spacial score (nSPS) is 11.2. The lowest BCUT2D eigenvalue weighted by Crippen LogP contribution is -1.89. The number of hydrogen-bond acceptors (Lipinski definition) is 3. The Hall–Kier alpha value is -1.81. The van der Waals surface area contributed by atoms with Gasteiger partial charge in [0.05, 0.1) is 5.69 Å². The molecule has 0 saturated heterocycles. The minimum absolute atomic E-state index is 0.764. The number of aromatic nitrogens is 3. The number of thioether (sulfide) groups is 1. The molecular weight excluding hydrogens is 266 g/mol. The van der Waals surface area contributed by atoms with Gasteiger partial charge in [0, 0.05) is 29.2 Å². The van der Waals surface area contributed by atoms with Crippen molar-refractivity contribution in [3.8, 4) is 0 Å². The summed E-state index contributed by atoms with van der Waals surface area (Å²) in [5.74, 6) is 1.63. The molecule has 0 fully saturated rings. The van der Waals surface area contributed by atoms with Crippen LogP contribution in [-0.4, -0.2) is 14.4 Å². The van der Waals surface area contributed by atoms with Gasteiger partial charge < -0.3 is 0 Å². The first kappa shape index (κ1) is 13.2. The van der Waals surface area contributed by atoms with Crippen LogP contribution in [-0.2, 0) is 5.75 Å². The molecule has 4 heteroatoms. The Morgan fingerprint density at radius 2 is 1.90 bits per heavy atom. The van der Waals surface area contributed by atoms with Gasteiger partial charge in [0.15, 0.2) is 0 Å². The summed E-state index contributed by atoms with van der Waals surface area (Å²) in [5, 5.41) is 0. The molecule has 0 aliphatic rings. The Kier molecular flexibility index (Phi) is 3.49. The van der Waals surface area contributed by atoms with Gasteiger partial charge in [0.2, 0.25) is 5.78 Å². The summed E-state index contributed by atoms with van der Waals surface area (Å²) in [4.78, 5) is 10.1. The summed E-state index contributed by atoms with van der Waals surface area (Å²) in [5.41, 5.74) is 5.07. The van der Waals surface area contributed by atoms with Crippen LogP contribution < -0.4 is 0 Å². The molecule has 3 aromatic rings. The Morgan fingerprint density at radius 3 is 2.60 bits per heavy atom. The zero-order valence-corrected chi connectivity index (χ0v) is 12.7. The van der Waals surface area contributed by atoms with Gasteiger partial charge in [0.25, 0.3) is 0 Å². The van der Waals surface area contributed by atoms with Crippen molar-refractivity contribution in [2.75, 3.05) is 0 Å². The number of fused-ring (bicyclic) bond motifs is 1. The van der Waals surface area contributed by atoms with E-state index in [0.29, 0.717) is 0 Å². The fourth-order valence-electron chi connectivity index (χ4n) is 2.49. The highest BCUT2D eigenvalue weighted by molar-refractivity contribution is 7.98. The highest BCUT2D eigenvalue weighted by Gasteiger charge is 2.07. The SMILES string of the molecule is Cc1cc(C)c(SCc2cn3cccnc3n2)c(C)c1. The average Bonchev–Trinajstić information content (AvgIpc) is 2.80. The molecule has 0 saturated carbocycles. The molecule has 0 bridgehead atoms. The molecule has 0 amide bonds. The third-order valence-corrected chi connectivity index (χ3v) is 4.63. The summed E-state index contributed by atoms with van der Waals surface area (Å²) in [6, 6.07) is 6.39. The fourth-order valence-corrected chi connectivity index (χ4v) is 3.49. The minimum atomic E-state index is 0.764. The van der Waals surface area contributed by atoms with Crippen molar-refractivity contribution in [1.82, 2.24) is 14.4 Å². The van der Waals surface area contributed by atoms with Crippen molar-refractivity contribution in [2.24, 2.45) is 0 Å². The molecule has 0 radical (unpaired) electrons. The van der Waals surface area contributed by atoms with Crippen molar-refractivity contribution < 1.29 is 0 Å². The number of imidazole rings is 1. The topological polar surface area (TPSA) is 30.2 Å². The number of benzene rings is 1. The largest absolute Gasteiger partial charge is 0.291 e. The Labute approximate surface area is 123 Å². The zero-order valence-electron chi connectivity index (χ0n) is 11.9. The Bertz CT molecular complexity index is 705. The van der Waals surface area contributed by atoms with Crippen molar-refractivity contribution in [3.63, 3.8) is 0 Å². The highest BCUT2D eigenvalue weighted by Crippen LogP contribution is 2.29. The number of aryl methyl sites for hydroxylation is 3. The number of nitrogens with zero attached hydrogens (tertiary/aromatic N) is 3. The van der Waals surface area contributed by atoms with Gasteiger partial charge in [-0.1, -0.05) is 17.7 Å². The maximum atomic E-state index is 4.54. The van der Waals surface area contributed by atoms with Gasteiger partial charge in [-0.05, 0) is 38.0 Å². The van der Waals surface area contributed by atoms with Crippen molar-refractivity contribution in [1.29, 1.82) is 0 Å². The van der Waals surface area contributed by atoms with Gasteiger partial charge in [-0.25, -0.2) is 9.97 Å². The maximum absolute atomic E-state index is 4.54. The molecule has 2 aromatic heterocycles. The smallest absolute Gasteiger partial charge is 0.233 e. The summed E-state index contributed by atoms with van der Waals surface area (Å²) in [6.45, 7) is 6.49. The summed E-state index contributed by atoms with van der Waals surface area (Å²) < 4.78 is 1.96. The van der Waals surface area contributed by atoms with Crippen LogP contribution in [0.15, 0.2) is 41.7 Å². The first-order chi connectivity index (χ1) is 9.63. The van der Waals surface area contributed by atoms with Crippen LogP contribution in [0.2, 0.25) is 0 Å². The first-order valence-electron chi connectivity index (χ1n) is 6.63. The van der Waals surface area contributed by atoms with Crippen LogP contribution in [0.3, 0.4) is 0 Å². The van der Waals surface area contributed by atoms with Gasteiger partial charge in [-0.3, -0.25) is 4.40 Å². The molecule has 20 heavy (non-hydrogen) atoms. The van der Waals surface area contributed by atoms with E-state index in [-0.39, 0.29) is 0 Å². The van der Waals surface area contributed by atoms with Gasteiger partial charge in [0.1, 0.15) is 0 Å². The van der Waals surface area contributed by atoms with Gasteiger partial charge in [-0.2, -0.15) is 0 Å². The van der Waals surface area contributed by atoms with Crippen molar-refractivity contribution >= 4 is 17.5 Å². The van der Waals surface area contributed by atoms with Crippen molar-refractivity contribution in [2.45, 2.75) is 31.4 Å². The predicted octanol–water partition coefficient (Wildman–Crippen LogP) is 3.95. The van der Waals surface area contributed by atoms with Crippen LogP contribution in [0.4, 0.5) is 0 Å². The Balaban J connectivity index is 1.83. The van der Waals surface area contributed by atoms with Crippen LogP contribution >= 0.6 is 11.8 Å². The standard InChI is InChI=1S/C16H17N3S/c1-11-7-12(2)15(13(3)8-11)20-10-14-9-19-6-4-5-17-16(19)18-14/h4-9H,10H2,1-3H3. The van der Waals surface area contributed by atoms with E-state index in [1.54, 1.807) is 6.20 Å². The van der Waals surface area contributed by atoms with E-state index in [1.807, 2.05) is 34.6 Å². The molecule has 0 spiro atoms. The van der Waals surface area contributed by atoms with Crippen LogP contribution in [0.5, 0.6) is 0 Å². The third kappa shape index (κ3) is 2.56. The van der Waals surface area contributed by atoms with E-state index in [9.17, 15) is 0 Å². The minimum Gasteiger partial charge on any atom is -0.291 e. The highest BCUT2D eigenvalue weighted by atomic mass is 32.2. The quantitative estimate of drug-likeness (QED) is 0.682. The molecule has 0 unspecified atom stereocenters. The average molecular weight is 283 g/mol. The molecule has 2 heterocycles. The van der Waals surface area contributed by atoms with Crippen LogP contribution in [0, 0.1) is 20.8 Å². The molecule has 0 N–H and O–H groups in total. The monoisotopic (exact) mass is 283 g/mol. The van der Waals surface area contributed by atoms with Crippen LogP contribution in [0.1, 0.15) is 22.4 Å². The maximum Gasteiger partial charge on any atom is 0.233 e. The van der Waals surface area contributed by atoms with Crippen molar-refractivity contribution in [3.05, 3.63) is 59.2 Å². The molecule has 1 aromatic carbocycles. The molecule has 3 rings (SSSR count). The molecule has 3 nitrogen and oxygen atoms in total. The summed E-state index contributed by atoms with van der Waals surface area (Å²) in [6.07, 6.45) is 5.80. The van der Waals surface area contributed by atoms with E-state index < -0.39 is 0 Å². The lowest BCUT2D eigenvalue weighted by molar-refractivity contribution is 1.11. The molecule has 0 aliphatic heterocycles. The van der Waals surface area contributed by atoms with Gasteiger partial charge in [-0.15, -0.1) is 11.8 Å².